The van der Waals surface area contributed by atoms with E-state index in [-0.39, 0.29) is 5.91 Å². The second-order valence-electron chi connectivity index (χ2n) is 6.16. The highest BCUT2D eigenvalue weighted by Gasteiger charge is 2.20. The van der Waals surface area contributed by atoms with E-state index in [4.69, 9.17) is 4.74 Å². The van der Waals surface area contributed by atoms with Crippen LogP contribution in [0.3, 0.4) is 0 Å². The first-order chi connectivity index (χ1) is 10.1. The number of carbonyl (C=O) groups is 1. The third kappa shape index (κ3) is 4.48. The second kappa shape index (κ2) is 7.48. The van der Waals surface area contributed by atoms with Crippen molar-refractivity contribution in [2.24, 2.45) is 0 Å². The van der Waals surface area contributed by atoms with E-state index >= 15 is 0 Å². The number of ether oxygens (including phenoxy) is 1. The lowest BCUT2D eigenvalue weighted by molar-refractivity contribution is -0.128. The van der Waals surface area contributed by atoms with Crippen LogP contribution in [0.5, 0.6) is 5.75 Å². The van der Waals surface area contributed by atoms with Gasteiger partial charge in [-0.25, -0.2) is 0 Å². The summed E-state index contributed by atoms with van der Waals surface area (Å²) in [6.07, 6.45) is 6.77. The number of nitrogens with one attached hydrogen (secondary N) is 1. The zero-order valence-corrected chi connectivity index (χ0v) is 13.4. The Hall–Kier alpha value is -1.51. The minimum Gasteiger partial charge on any atom is -0.481 e. The zero-order valence-electron chi connectivity index (χ0n) is 13.4. The molecule has 0 heterocycles. The van der Waals surface area contributed by atoms with Crippen LogP contribution in [-0.2, 0) is 4.79 Å². The number of amides is 1. The Morgan fingerprint density at radius 1 is 1.19 bits per heavy atom. The summed E-state index contributed by atoms with van der Waals surface area (Å²) in [5, 5.41) is 3.15. The van der Waals surface area contributed by atoms with Crippen LogP contribution in [0.15, 0.2) is 18.2 Å². The number of benzene rings is 1. The van der Waals surface area contributed by atoms with Gasteiger partial charge in [-0.05, 0) is 50.8 Å². The van der Waals surface area contributed by atoms with E-state index in [0.717, 1.165) is 24.2 Å². The van der Waals surface area contributed by atoms with E-state index in [1.54, 1.807) is 0 Å². The van der Waals surface area contributed by atoms with E-state index < -0.39 is 6.10 Å². The van der Waals surface area contributed by atoms with Crippen LogP contribution in [0.4, 0.5) is 0 Å². The van der Waals surface area contributed by atoms with Crippen molar-refractivity contribution in [1.29, 1.82) is 0 Å². The number of carbonyl (C=O) groups excluding carboxylic acids is 1. The Morgan fingerprint density at radius 2 is 1.86 bits per heavy atom. The van der Waals surface area contributed by atoms with Crippen LogP contribution < -0.4 is 10.1 Å². The fourth-order valence-electron chi connectivity index (χ4n) is 2.84. The summed E-state index contributed by atoms with van der Waals surface area (Å²) in [6.45, 7) is 5.91. The largest absolute Gasteiger partial charge is 0.481 e. The molecule has 0 saturated heterocycles. The first-order valence-electron chi connectivity index (χ1n) is 8.11. The van der Waals surface area contributed by atoms with Crippen molar-refractivity contribution >= 4 is 5.91 Å². The van der Waals surface area contributed by atoms with Crippen molar-refractivity contribution in [3.8, 4) is 5.75 Å². The fraction of sp³-hybridized carbons (Fsp3) is 0.611. The Morgan fingerprint density at radius 3 is 2.52 bits per heavy atom. The zero-order chi connectivity index (χ0) is 15.2. The molecule has 3 heteroatoms. The van der Waals surface area contributed by atoms with Crippen molar-refractivity contribution in [1.82, 2.24) is 5.32 Å². The van der Waals surface area contributed by atoms with Gasteiger partial charge < -0.3 is 10.1 Å². The third-order valence-corrected chi connectivity index (χ3v) is 4.43. The van der Waals surface area contributed by atoms with Crippen LogP contribution in [0.2, 0.25) is 0 Å². The van der Waals surface area contributed by atoms with Crippen LogP contribution in [0.1, 0.15) is 56.6 Å². The van der Waals surface area contributed by atoms with Gasteiger partial charge in [0.2, 0.25) is 0 Å². The summed E-state index contributed by atoms with van der Waals surface area (Å²) in [4.78, 5) is 12.3. The average Bonchev–Trinajstić information content (AvgIpc) is 2.72. The summed E-state index contributed by atoms with van der Waals surface area (Å²) in [5.74, 6) is 0.807. The summed E-state index contributed by atoms with van der Waals surface area (Å²) < 4.78 is 5.85. The van der Waals surface area contributed by atoms with Gasteiger partial charge in [0, 0.05) is 6.04 Å². The third-order valence-electron chi connectivity index (χ3n) is 4.43. The maximum atomic E-state index is 12.3. The van der Waals surface area contributed by atoms with Crippen molar-refractivity contribution in [2.45, 2.75) is 71.4 Å². The Bertz CT molecular complexity index is 476. The molecule has 1 fully saturated rings. The van der Waals surface area contributed by atoms with E-state index in [1.165, 1.54) is 31.2 Å². The van der Waals surface area contributed by atoms with Gasteiger partial charge in [-0.2, -0.15) is 0 Å². The standard InChI is InChI=1S/C18H27NO2/c1-13-9-8-12-17(14(13)2)21-15(3)18(20)19-16-10-6-4-5-7-11-16/h8-9,12,15-16H,4-7,10-11H2,1-3H3,(H,19,20)/t15-/m1/s1. The molecule has 1 aromatic carbocycles. The molecule has 0 aliphatic heterocycles. The molecule has 1 amide bonds. The predicted octanol–water partition coefficient (Wildman–Crippen LogP) is 3.91. The maximum Gasteiger partial charge on any atom is 0.260 e. The fourth-order valence-corrected chi connectivity index (χ4v) is 2.84. The molecule has 2 rings (SSSR count). The van der Waals surface area contributed by atoms with E-state index in [0.29, 0.717) is 6.04 Å². The summed E-state index contributed by atoms with van der Waals surface area (Å²) in [7, 11) is 0. The van der Waals surface area contributed by atoms with Crippen LogP contribution in [0.25, 0.3) is 0 Å². The average molecular weight is 289 g/mol. The molecular weight excluding hydrogens is 262 g/mol. The molecule has 116 valence electrons. The molecule has 1 aliphatic carbocycles. The van der Waals surface area contributed by atoms with Crippen LogP contribution >= 0.6 is 0 Å². The molecule has 0 bridgehead atoms. The monoisotopic (exact) mass is 289 g/mol. The Kier molecular flexibility index (Phi) is 5.66. The van der Waals surface area contributed by atoms with Gasteiger partial charge in [0.05, 0.1) is 0 Å². The highest BCUT2D eigenvalue weighted by Crippen LogP contribution is 2.22. The van der Waals surface area contributed by atoms with Crippen LogP contribution in [0, 0.1) is 13.8 Å². The van der Waals surface area contributed by atoms with Gasteiger partial charge >= 0.3 is 0 Å². The second-order valence-corrected chi connectivity index (χ2v) is 6.16. The van der Waals surface area contributed by atoms with Gasteiger partial charge in [-0.15, -0.1) is 0 Å². The van der Waals surface area contributed by atoms with Gasteiger partial charge in [0.1, 0.15) is 5.75 Å². The number of hydrogen-bond donors (Lipinski definition) is 1. The molecule has 0 radical (unpaired) electrons. The van der Waals surface area contributed by atoms with Crippen molar-refractivity contribution in [2.75, 3.05) is 0 Å². The van der Waals surface area contributed by atoms with Gasteiger partial charge in [0.25, 0.3) is 5.91 Å². The topological polar surface area (TPSA) is 38.3 Å². The molecule has 1 saturated carbocycles. The van der Waals surface area contributed by atoms with Crippen LogP contribution in [-0.4, -0.2) is 18.1 Å². The number of aryl methyl sites for hydroxylation is 1. The molecule has 1 N–H and O–H groups in total. The molecule has 0 unspecified atom stereocenters. The summed E-state index contributed by atoms with van der Waals surface area (Å²) >= 11 is 0. The first kappa shape index (κ1) is 15.9. The summed E-state index contributed by atoms with van der Waals surface area (Å²) in [6, 6.07) is 6.27. The van der Waals surface area contributed by atoms with E-state index in [1.807, 2.05) is 26.0 Å². The van der Waals surface area contributed by atoms with E-state index in [2.05, 4.69) is 18.3 Å². The highest BCUT2D eigenvalue weighted by molar-refractivity contribution is 5.81. The Balaban J connectivity index is 1.91. The van der Waals surface area contributed by atoms with Crippen molar-refractivity contribution in [3.63, 3.8) is 0 Å². The molecule has 1 aromatic rings. The van der Waals surface area contributed by atoms with Crippen molar-refractivity contribution < 1.29 is 9.53 Å². The minimum absolute atomic E-state index is 0.00260. The number of hydrogen-bond acceptors (Lipinski definition) is 2. The molecular formula is C18H27NO2. The van der Waals surface area contributed by atoms with Gasteiger partial charge in [-0.3, -0.25) is 4.79 Å². The Labute approximate surface area is 128 Å². The minimum atomic E-state index is -0.450. The normalized spacial score (nSPS) is 17.9. The smallest absolute Gasteiger partial charge is 0.260 e. The maximum absolute atomic E-state index is 12.3. The highest BCUT2D eigenvalue weighted by atomic mass is 16.5. The van der Waals surface area contributed by atoms with Crippen molar-refractivity contribution in [3.05, 3.63) is 29.3 Å². The quantitative estimate of drug-likeness (QED) is 0.853. The molecule has 21 heavy (non-hydrogen) atoms. The molecule has 1 aliphatic rings. The lowest BCUT2D eigenvalue weighted by Crippen LogP contribution is -2.42. The molecule has 0 aromatic heterocycles. The van der Waals surface area contributed by atoms with Gasteiger partial charge in [-0.1, -0.05) is 37.8 Å². The first-order valence-corrected chi connectivity index (χ1v) is 8.11. The van der Waals surface area contributed by atoms with E-state index in [9.17, 15) is 4.79 Å². The lowest BCUT2D eigenvalue weighted by atomic mass is 10.1. The van der Waals surface area contributed by atoms with Gasteiger partial charge in [0.15, 0.2) is 6.10 Å². The SMILES string of the molecule is Cc1cccc(O[C@H](C)C(=O)NC2CCCCCC2)c1C. The molecule has 1 atom stereocenters. The molecule has 3 nitrogen and oxygen atoms in total. The predicted molar refractivity (Wildman–Crippen MR) is 85.6 cm³/mol. The lowest BCUT2D eigenvalue weighted by Gasteiger charge is -2.21. The molecule has 0 spiro atoms. The summed E-state index contributed by atoms with van der Waals surface area (Å²) in [5.41, 5.74) is 2.29. The number of rotatable bonds is 4.